The average molecular weight is 356 g/mol. The Kier molecular flexibility index (Phi) is 6.23. The molecule has 0 aliphatic carbocycles. The molecule has 2 aromatic rings. The maximum atomic E-state index is 5.49. The minimum atomic E-state index is 0.462. The minimum Gasteiger partial charge on any atom is -0.497 e. The van der Waals surface area contributed by atoms with Crippen molar-refractivity contribution in [3.8, 4) is 17.2 Å². The lowest BCUT2D eigenvalue weighted by Crippen LogP contribution is -2.38. The van der Waals surface area contributed by atoms with E-state index in [0.717, 1.165) is 55.4 Å². The van der Waals surface area contributed by atoms with Gasteiger partial charge in [-0.05, 0) is 42.7 Å². The van der Waals surface area contributed by atoms with Crippen molar-refractivity contribution in [3.05, 3.63) is 48.0 Å². The summed E-state index contributed by atoms with van der Waals surface area (Å²) in [4.78, 5) is 2.51. The van der Waals surface area contributed by atoms with E-state index in [4.69, 9.17) is 14.2 Å². The summed E-state index contributed by atoms with van der Waals surface area (Å²) in [6.07, 6.45) is 2.23. The highest BCUT2D eigenvalue weighted by molar-refractivity contribution is 5.59. The molecule has 5 nitrogen and oxygen atoms in total. The molecule has 0 saturated carbocycles. The van der Waals surface area contributed by atoms with Crippen LogP contribution in [0.2, 0.25) is 0 Å². The molecule has 140 valence electrons. The van der Waals surface area contributed by atoms with Gasteiger partial charge in [0.25, 0.3) is 0 Å². The first-order chi connectivity index (χ1) is 12.7. The van der Waals surface area contributed by atoms with Gasteiger partial charge in [0, 0.05) is 31.7 Å². The lowest BCUT2D eigenvalue weighted by atomic mass is 10.0. The van der Waals surface area contributed by atoms with Gasteiger partial charge in [-0.2, -0.15) is 0 Å². The highest BCUT2D eigenvalue weighted by Crippen LogP contribution is 2.30. The van der Waals surface area contributed by atoms with E-state index in [-0.39, 0.29) is 0 Å². The van der Waals surface area contributed by atoms with E-state index >= 15 is 0 Å². The van der Waals surface area contributed by atoms with Crippen LogP contribution < -0.4 is 19.5 Å². The van der Waals surface area contributed by atoms with Crippen LogP contribution in [0.15, 0.2) is 42.5 Å². The number of likely N-dealkylation sites (tertiary alicyclic amines) is 1. The van der Waals surface area contributed by atoms with Gasteiger partial charge in [-0.1, -0.05) is 12.1 Å². The number of benzene rings is 2. The van der Waals surface area contributed by atoms with Gasteiger partial charge >= 0.3 is 0 Å². The first kappa shape index (κ1) is 18.4. The maximum absolute atomic E-state index is 5.49. The summed E-state index contributed by atoms with van der Waals surface area (Å²) in [5.41, 5.74) is 2.36. The summed E-state index contributed by atoms with van der Waals surface area (Å²) in [6.45, 7) is 3.16. The van der Waals surface area contributed by atoms with Crippen LogP contribution in [0.3, 0.4) is 0 Å². The Morgan fingerprint density at radius 3 is 2.15 bits per heavy atom. The average Bonchev–Trinajstić information content (AvgIpc) is 2.70. The summed E-state index contributed by atoms with van der Waals surface area (Å²) in [7, 11) is 5.06. The van der Waals surface area contributed by atoms with Gasteiger partial charge in [-0.3, -0.25) is 4.90 Å². The Hall–Kier alpha value is -2.40. The molecule has 3 rings (SSSR count). The molecule has 26 heavy (non-hydrogen) atoms. The van der Waals surface area contributed by atoms with Crippen molar-refractivity contribution in [1.82, 2.24) is 4.90 Å². The molecule has 1 N–H and O–H groups in total. The number of methoxy groups -OCH3 is 3. The number of hydrogen-bond acceptors (Lipinski definition) is 5. The molecule has 0 spiro atoms. The standard InChI is InChI=1S/C21H28N2O3/c1-24-18-6-4-16(5-7-18)15-23-12-10-17(11-13-23)22-20-9-8-19(25-2)14-21(20)26-3/h4-9,14,17,22H,10-13,15H2,1-3H3. The van der Waals surface area contributed by atoms with E-state index in [1.165, 1.54) is 5.56 Å². The normalized spacial score (nSPS) is 15.5. The van der Waals surface area contributed by atoms with Crippen molar-refractivity contribution >= 4 is 5.69 Å². The summed E-state index contributed by atoms with van der Waals surface area (Å²) in [5, 5.41) is 3.63. The largest absolute Gasteiger partial charge is 0.497 e. The summed E-state index contributed by atoms with van der Waals surface area (Å²) >= 11 is 0. The fourth-order valence-corrected chi connectivity index (χ4v) is 3.36. The molecule has 5 heteroatoms. The Morgan fingerprint density at radius 2 is 1.54 bits per heavy atom. The molecule has 0 atom stereocenters. The monoisotopic (exact) mass is 356 g/mol. The fourth-order valence-electron chi connectivity index (χ4n) is 3.36. The third kappa shape index (κ3) is 4.61. The molecule has 0 radical (unpaired) electrons. The number of hydrogen-bond donors (Lipinski definition) is 1. The van der Waals surface area contributed by atoms with Gasteiger partial charge in [-0.25, -0.2) is 0 Å². The molecule has 1 saturated heterocycles. The van der Waals surface area contributed by atoms with E-state index < -0.39 is 0 Å². The van der Waals surface area contributed by atoms with E-state index in [1.54, 1.807) is 21.3 Å². The van der Waals surface area contributed by atoms with Gasteiger partial charge < -0.3 is 19.5 Å². The van der Waals surface area contributed by atoms with E-state index in [0.29, 0.717) is 6.04 Å². The summed E-state index contributed by atoms with van der Waals surface area (Å²) in [6, 6.07) is 14.7. The number of ether oxygens (including phenoxy) is 3. The second kappa shape index (κ2) is 8.81. The predicted octanol–water partition coefficient (Wildman–Crippen LogP) is 3.79. The first-order valence-electron chi connectivity index (χ1n) is 9.05. The Balaban J connectivity index is 1.52. The van der Waals surface area contributed by atoms with E-state index in [9.17, 15) is 0 Å². The molecule has 1 aliphatic rings. The zero-order valence-electron chi connectivity index (χ0n) is 15.8. The van der Waals surface area contributed by atoms with Crippen molar-refractivity contribution in [3.63, 3.8) is 0 Å². The molecule has 1 aliphatic heterocycles. The van der Waals surface area contributed by atoms with Crippen LogP contribution >= 0.6 is 0 Å². The SMILES string of the molecule is COc1ccc(CN2CCC(Nc3ccc(OC)cc3OC)CC2)cc1. The molecular formula is C21H28N2O3. The topological polar surface area (TPSA) is 43.0 Å². The van der Waals surface area contributed by atoms with Gasteiger partial charge in [0.05, 0.1) is 27.0 Å². The van der Waals surface area contributed by atoms with Gasteiger partial charge in [-0.15, -0.1) is 0 Å². The van der Waals surface area contributed by atoms with E-state index in [1.807, 2.05) is 30.3 Å². The number of nitrogens with zero attached hydrogens (tertiary/aromatic N) is 1. The van der Waals surface area contributed by atoms with E-state index in [2.05, 4.69) is 22.3 Å². The maximum Gasteiger partial charge on any atom is 0.145 e. The quantitative estimate of drug-likeness (QED) is 0.818. The Labute approximate surface area is 155 Å². The lowest BCUT2D eigenvalue weighted by Gasteiger charge is -2.33. The second-order valence-electron chi connectivity index (χ2n) is 6.61. The van der Waals surface area contributed by atoms with Gasteiger partial charge in [0.1, 0.15) is 17.2 Å². The van der Waals surface area contributed by atoms with Crippen LogP contribution in [0.25, 0.3) is 0 Å². The highest BCUT2D eigenvalue weighted by Gasteiger charge is 2.20. The Morgan fingerprint density at radius 1 is 0.885 bits per heavy atom. The van der Waals surface area contributed by atoms with Crippen LogP contribution in [-0.2, 0) is 6.54 Å². The van der Waals surface area contributed by atoms with Gasteiger partial charge in [0.2, 0.25) is 0 Å². The Bertz CT molecular complexity index is 695. The van der Waals surface area contributed by atoms with Crippen LogP contribution in [-0.4, -0.2) is 45.4 Å². The summed E-state index contributed by atoms with van der Waals surface area (Å²) < 4.78 is 16.0. The van der Waals surface area contributed by atoms with Crippen LogP contribution in [0.5, 0.6) is 17.2 Å². The number of piperidine rings is 1. The second-order valence-corrected chi connectivity index (χ2v) is 6.61. The zero-order valence-corrected chi connectivity index (χ0v) is 15.8. The lowest BCUT2D eigenvalue weighted by molar-refractivity contribution is 0.211. The molecule has 1 fully saturated rings. The zero-order chi connectivity index (χ0) is 18.4. The highest BCUT2D eigenvalue weighted by atomic mass is 16.5. The predicted molar refractivity (Wildman–Crippen MR) is 104 cm³/mol. The molecule has 1 heterocycles. The van der Waals surface area contributed by atoms with Crippen molar-refractivity contribution in [2.24, 2.45) is 0 Å². The van der Waals surface area contributed by atoms with Crippen LogP contribution in [0.1, 0.15) is 18.4 Å². The van der Waals surface area contributed by atoms with Crippen molar-refractivity contribution in [2.45, 2.75) is 25.4 Å². The number of anilines is 1. The molecule has 0 bridgehead atoms. The van der Waals surface area contributed by atoms with Crippen molar-refractivity contribution < 1.29 is 14.2 Å². The molecule has 0 amide bonds. The van der Waals surface area contributed by atoms with Crippen LogP contribution in [0.4, 0.5) is 5.69 Å². The minimum absolute atomic E-state index is 0.462. The molecular weight excluding hydrogens is 328 g/mol. The first-order valence-corrected chi connectivity index (χ1v) is 9.05. The molecule has 0 aromatic heterocycles. The number of rotatable bonds is 7. The fraction of sp³-hybridized carbons (Fsp3) is 0.429. The number of nitrogens with one attached hydrogen (secondary N) is 1. The molecule has 2 aromatic carbocycles. The molecule has 0 unspecified atom stereocenters. The summed E-state index contributed by atoms with van der Waals surface area (Å²) in [5.74, 6) is 2.54. The third-order valence-corrected chi connectivity index (χ3v) is 4.92. The van der Waals surface area contributed by atoms with Crippen molar-refractivity contribution in [2.75, 3.05) is 39.7 Å². The van der Waals surface area contributed by atoms with Crippen LogP contribution in [0, 0.1) is 0 Å². The third-order valence-electron chi connectivity index (χ3n) is 4.92. The van der Waals surface area contributed by atoms with Crippen molar-refractivity contribution in [1.29, 1.82) is 0 Å². The van der Waals surface area contributed by atoms with Gasteiger partial charge in [0.15, 0.2) is 0 Å². The smallest absolute Gasteiger partial charge is 0.145 e.